The average Bonchev–Trinajstić information content (AvgIpc) is 2.87. The smallest absolute Gasteiger partial charge is 0.214 e. The van der Waals surface area contributed by atoms with Gasteiger partial charge in [0.1, 0.15) is 0 Å². The number of benzene rings is 2. The molecule has 36 heavy (non-hydrogen) atoms. The first-order valence-electron chi connectivity index (χ1n) is 11.3. The SMILES string of the molecule is [C-]#[N+]c1ccc(/C=C2\CN(S(=O)(=O)CCCN(C)CC#C)C/C(=C\c3ccc(C#N)cc3)C2=O)cc1. The van der Waals surface area contributed by atoms with E-state index in [1.165, 1.54) is 4.31 Å². The topological polar surface area (TPSA) is 85.8 Å². The molecular weight excluding hydrogens is 472 g/mol. The molecule has 0 atom stereocenters. The Balaban J connectivity index is 1.92. The van der Waals surface area contributed by atoms with E-state index in [9.17, 15) is 13.2 Å². The van der Waals surface area contributed by atoms with Crippen LogP contribution in [0.25, 0.3) is 17.0 Å². The van der Waals surface area contributed by atoms with Gasteiger partial charge in [0.2, 0.25) is 10.0 Å². The molecule has 3 rings (SSSR count). The molecule has 2 aromatic rings. The van der Waals surface area contributed by atoms with E-state index in [-0.39, 0.29) is 24.6 Å². The number of hydrogen-bond donors (Lipinski definition) is 0. The van der Waals surface area contributed by atoms with Crippen molar-refractivity contribution in [2.75, 3.05) is 39.0 Å². The molecule has 7 nitrogen and oxygen atoms in total. The van der Waals surface area contributed by atoms with Crippen LogP contribution < -0.4 is 0 Å². The van der Waals surface area contributed by atoms with Crippen molar-refractivity contribution in [3.63, 3.8) is 0 Å². The van der Waals surface area contributed by atoms with E-state index in [4.69, 9.17) is 18.3 Å². The Morgan fingerprint density at radius 3 is 2.14 bits per heavy atom. The summed E-state index contributed by atoms with van der Waals surface area (Å²) in [5.41, 5.74) is 3.08. The summed E-state index contributed by atoms with van der Waals surface area (Å²) in [6.45, 7) is 8.02. The highest BCUT2D eigenvalue weighted by Gasteiger charge is 2.33. The number of terminal acetylenes is 1. The Kier molecular flexibility index (Phi) is 8.95. The molecular formula is C28H26N4O3S. The minimum atomic E-state index is -3.65. The van der Waals surface area contributed by atoms with Crippen molar-refractivity contribution in [1.29, 1.82) is 5.26 Å². The molecule has 8 heteroatoms. The largest absolute Gasteiger partial charge is 0.295 e. The summed E-state index contributed by atoms with van der Waals surface area (Å²) in [6.07, 6.45) is 9.07. The van der Waals surface area contributed by atoms with Gasteiger partial charge in [0, 0.05) is 24.2 Å². The molecule has 0 radical (unpaired) electrons. The van der Waals surface area contributed by atoms with Gasteiger partial charge in [-0.2, -0.15) is 9.57 Å². The first kappa shape index (κ1) is 26.6. The van der Waals surface area contributed by atoms with Gasteiger partial charge in [0.15, 0.2) is 11.5 Å². The number of carbonyl (C=O) groups is 1. The van der Waals surface area contributed by atoms with Crippen molar-refractivity contribution in [2.45, 2.75) is 6.42 Å². The zero-order valence-electron chi connectivity index (χ0n) is 20.0. The second kappa shape index (κ2) is 12.1. The lowest BCUT2D eigenvalue weighted by Gasteiger charge is -2.29. The third-order valence-electron chi connectivity index (χ3n) is 5.72. The van der Waals surface area contributed by atoms with E-state index >= 15 is 0 Å². The average molecular weight is 499 g/mol. The fourth-order valence-electron chi connectivity index (χ4n) is 3.79. The van der Waals surface area contributed by atoms with Crippen molar-refractivity contribution in [3.05, 3.63) is 87.8 Å². The van der Waals surface area contributed by atoms with Crippen LogP contribution in [0.1, 0.15) is 23.1 Å². The normalized spacial score (nSPS) is 16.6. The zero-order chi connectivity index (χ0) is 26.1. The molecule has 1 aliphatic rings. The van der Waals surface area contributed by atoms with E-state index < -0.39 is 10.0 Å². The fourth-order valence-corrected chi connectivity index (χ4v) is 5.21. The highest BCUT2D eigenvalue weighted by atomic mass is 32.2. The highest BCUT2D eigenvalue weighted by Crippen LogP contribution is 2.25. The van der Waals surface area contributed by atoms with Crippen molar-refractivity contribution in [3.8, 4) is 18.4 Å². The second-order valence-corrected chi connectivity index (χ2v) is 10.6. The molecule has 1 saturated heterocycles. The van der Waals surface area contributed by atoms with E-state index in [1.54, 1.807) is 60.7 Å². The molecule has 0 amide bonds. The van der Waals surface area contributed by atoms with Gasteiger partial charge in [-0.15, -0.1) is 6.42 Å². The first-order chi connectivity index (χ1) is 17.2. The maximum absolute atomic E-state index is 13.3. The zero-order valence-corrected chi connectivity index (χ0v) is 20.8. The van der Waals surface area contributed by atoms with E-state index in [2.05, 4.69) is 16.8 Å². The van der Waals surface area contributed by atoms with Crippen LogP contribution >= 0.6 is 0 Å². The quantitative estimate of drug-likeness (QED) is 0.314. The highest BCUT2D eigenvalue weighted by molar-refractivity contribution is 7.89. The maximum atomic E-state index is 13.3. The first-order valence-corrected chi connectivity index (χ1v) is 12.9. The summed E-state index contributed by atoms with van der Waals surface area (Å²) < 4.78 is 27.8. The lowest BCUT2D eigenvalue weighted by atomic mass is 9.95. The molecule has 1 fully saturated rings. The van der Waals surface area contributed by atoms with Crippen LogP contribution in [0.4, 0.5) is 5.69 Å². The third-order valence-corrected chi connectivity index (χ3v) is 7.57. The van der Waals surface area contributed by atoms with Crippen molar-refractivity contribution < 1.29 is 13.2 Å². The number of Topliss-reactive ketones (excluding diaryl/α,β-unsaturated/α-hetero) is 1. The molecule has 0 aromatic heterocycles. The summed E-state index contributed by atoms with van der Waals surface area (Å²) in [5.74, 6) is 2.24. The van der Waals surface area contributed by atoms with Crippen molar-refractivity contribution in [1.82, 2.24) is 9.21 Å². The van der Waals surface area contributed by atoms with Gasteiger partial charge in [0.25, 0.3) is 0 Å². The van der Waals surface area contributed by atoms with Crippen molar-refractivity contribution in [2.24, 2.45) is 0 Å². The second-order valence-electron chi connectivity index (χ2n) is 8.48. The van der Waals surface area contributed by atoms with Crippen LogP contribution in [-0.2, 0) is 14.8 Å². The number of nitriles is 1. The number of rotatable bonds is 8. The van der Waals surface area contributed by atoms with Crippen LogP contribution in [0.3, 0.4) is 0 Å². The Morgan fingerprint density at radius 2 is 1.64 bits per heavy atom. The summed E-state index contributed by atoms with van der Waals surface area (Å²) in [6, 6.07) is 15.6. The molecule has 0 N–H and O–H groups in total. The van der Waals surface area contributed by atoms with Gasteiger partial charge in [-0.05, 0) is 55.4 Å². The van der Waals surface area contributed by atoms with Crippen LogP contribution in [0.2, 0.25) is 0 Å². The third kappa shape index (κ3) is 7.01. The van der Waals surface area contributed by atoms with Crippen LogP contribution in [0.5, 0.6) is 0 Å². The van der Waals surface area contributed by atoms with Crippen molar-refractivity contribution >= 4 is 33.6 Å². The molecule has 0 saturated carbocycles. The van der Waals surface area contributed by atoms with Crippen LogP contribution in [0, 0.1) is 30.2 Å². The molecule has 0 bridgehead atoms. The summed E-state index contributed by atoms with van der Waals surface area (Å²) in [7, 11) is -1.81. The molecule has 0 aliphatic carbocycles. The number of piperidine rings is 1. The lowest BCUT2D eigenvalue weighted by Crippen LogP contribution is -2.43. The molecule has 0 unspecified atom stereocenters. The maximum Gasteiger partial charge on any atom is 0.214 e. The van der Waals surface area contributed by atoms with Gasteiger partial charge >= 0.3 is 0 Å². The molecule has 0 spiro atoms. The Morgan fingerprint density at radius 1 is 1.08 bits per heavy atom. The molecule has 1 heterocycles. The minimum absolute atomic E-state index is 0.0311. The Labute approximate surface area is 212 Å². The monoisotopic (exact) mass is 498 g/mol. The molecule has 182 valence electrons. The minimum Gasteiger partial charge on any atom is -0.295 e. The van der Waals surface area contributed by atoms with Gasteiger partial charge in [-0.25, -0.2) is 13.3 Å². The number of hydrogen-bond acceptors (Lipinski definition) is 5. The van der Waals surface area contributed by atoms with Gasteiger partial charge in [0.05, 0.1) is 30.5 Å². The predicted molar refractivity (Wildman–Crippen MR) is 141 cm³/mol. The van der Waals surface area contributed by atoms with Gasteiger partial charge < -0.3 is 0 Å². The number of ketones is 1. The fraction of sp³-hybridized carbons (Fsp3) is 0.250. The van der Waals surface area contributed by atoms with E-state index in [1.807, 2.05) is 11.9 Å². The summed E-state index contributed by atoms with van der Waals surface area (Å²) in [5, 5.41) is 9.03. The molecule has 2 aromatic carbocycles. The van der Waals surface area contributed by atoms with Crippen LogP contribution in [0.15, 0.2) is 59.7 Å². The Hall–Kier alpha value is -4.00. The summed E-state index contributed by atoms with van der Waals surface area (Å²) >= 11 is 0. The predicted octanol–water partition coefficient (Wildman–Crippen LogP) is 3.75. The van der Waals surface area contributed by atoms with E-state index in [0.29, 0.717) is 53.0 Å². The van der Waals surface area contributed by atoms with Gasteiger partial charge in [-0.1, -0.05) is 42.3 Å². The number of carbonyl (C=O) groups excluding carboxylic acids is 1. The van der Waals surface area contributed by atoms with Gasteiger partial charge in [-0.3, -0.25) is 9.69 Å². The Bertz CT molecular complexity index is 1320. The molecule has 1 aliphatic heterocycles. The lowest BCUT2D eigenvalue weighted by molar-refractivity contribution is -0.113. The van der Waals surface area contributed by atoms with E-state index in [0.717, 1.165) is 0 Å². The standard InChI is InChI=1S/C28H26N4O3S/c1-4-14-31(3)15-5-16-36(34,35)32-20-25(17-22-6-8-24(19-29)9-7-22)28(33)26(21-32)18-23-10-12-27(30-2)13-11-23/h1,6-13,17-18H,5,14-16,20-21H2,3H3/b25-17+,26-18+. The number of sulfonamides is 1. The number of nitrogens with zero attached hydrogens (tertiary/aromatic N) is 4. The van der Waals surface area contributed by atoms with Crippen LogP contribution in [-0.4, -0.2) is 62.4 Å². The summed E-state index contributed by atoms with van der Waals surface area (Å²) in [4.78, 5) is 18.6.